The van der Waals surface area contributed by atoms with Gasteiger partial charge in [0.2, 0.25) is 5.91 Å². The van der Waals surface area contributed by atoms with Crippen molar-refractivity contribution in [2.45, 2.75) is 38.6 Å². The Morgan fingerprint density at radius 2 is 1.86 bits per heavy atom. The van der Waals surface area contributed by atoms with Gasteiger partial charge in [0.25, 0.3) is 0 Å². The molecule has 0 fully saturated rings. The molecule has 1 unspecified atom stereocenters. The van der Waals surface area contributed by atoms with E-state index in [2.05, 4.69) is 12.2 Å². The van der Waals surface area contributed by atoms with Crippen molar-refractivity contribution in [2.24, 2.45) is 0 Å². The Bertz CT molecular complexity index is 456. The Hall–Kier alpha value is -1.88. The highest BCUT2D eigenvalue weighted by atomic mass is 16.5. The van der Waals surface area contributed by atoms with Gasteiger partial charge in [0.15, 0.2) is 6.04 Å². The maximum Gasteiger partial charge on any atom is 0.328 e. The van der Waals surface area contributed by atoms with Crippen LogP contribution < -0.4 is 5.32 Å². The summed E-state index contributed by atoms with van der Waals surface area (Å²) in [5, 5.41) is 11.4. The minimum absolute atomic E-state index is 0.0446. The summed E-state index contributed by atoms with van der Waals surface area (Å²) >= 11 is 0. The number of nitrogens with one attached hydrogen (secondary N) is 1. The van der Waals surface area contributed by atoms with Crippen molar-refractivity contribution in [3.05, 3.63) is 35.4 Å². The summed E-state index contributed by atoms with van der Waals surface area (Å²) in [7, 11) is 1.40. The van der Waals surface area contributed by atoms with Crippen LogP contribution in [0, 0.1) is 0 Å². The first kappa shape index (κ1) is 17.2. The second-order valence-corrected chi connectivity index (χ2v) is 5.01. The Morgan fingerprint density at radius 1 is 1.24 bits per heavy atom. The van der Waals surface area contributed by atoms with Crippen LogP contribution >= 0.6 is 0 Å². The van der Waals surface area contributed by atoms with Crippen molar-refractivity contribution in [3.8, 4) is 0 Å². The maximum atomic E-state index is 11.8. The van der Waals surface area contributed by atoms with E-state index in [1.54, 1.807) is 0 Å². The van der Waals surface area contributed by atoms with Gasteiger partial charge in [-0.2, -0.15) is 0 Å². The van der Waals surface area contributed by atoms with Crippen molar-refractivity contribution in [2.75, 3.05) is 13.7 Å². The third kappa shape index (κ3) is 6.40. The molecule has 1 rings (SSSR count). The molecule has 0 aliphatic rings. The van der Waals surface area contributed by atoms with Crippen LogP contribution in [-0.2, 0) is 27.2 Å². The molecule has 5 heteroatoms. The first-order chi connectivity index (χ1) is 10.1. The molecule has 1 aromatic carbocycles. The van der Waals surface area contributed by atoms with Crippen LogP contribution in [0.25, 0.3) is 0 Å². The number of ether oxygens (including phenoxy) is 1. The topological polar surface area (TPSA) is 75.6 Å². The number of methoxy groups -OCH3 is 1. The molecule has 0 aromatic heterocycles. The first-order valence-electron chi connectivity index (χ1n) is 7.15. The predicted octanol–water partition coefficient (Wildman–Crippen LogP) is 1.79. The van der Waals surface area contributed by atoms with Crippen molar-refractivity contribution in [3.63, 3.8) is 0 Å². The second kappa shape index (κ2) is 9.13. The lowest BCUT2D eigenvalue weighted by molar-refractivity contribution is -0.143. The average molecular weight is 293 g/mol. The quantitative estimate of drug-likeness (QED) is 0.728. The third-order valence-electron chi connectivity index (χ3n) is 3.17. The van der Waals surface area contributed by atoms with Crippen LogP contribution in [0.1, 0.15) is 30.9 Å². The van der Waals surface area contributed by atoms with Crippen molar-refractivity contribution in [1.29, 1.82) is 0 Å². The third-order valence-corrected chi connectivity index (χ3v) is 3.17. The van der Waals surface area contributed by atoms with Crippen LogP contribution in [0.5, 0.6) is 0 Å². The van der Waals surface area contributed by atoms with Gasteiger partial charge < -0.3 is 15.2 Å². The van der Waals surface area contributed by atoms with E-state index < -0.39 is 12.0 Å². The molecule has 0 bridgehead atoms. The maximum absolute atomic E-state index is 11.8. The molecule has 0 radical (unpaired) electrons. The normalized spacial score (nSPS) is 11.9. The number of amides is 1. The number of carboxylic acid groups (broad SMARTS) is 1. The van der Waals surface area contributed by atoms with E-state index in [1.165, 1.54) is 12.7 Å². The van der Waals surface area contributed by atoms with E-state index in [9.17, 15) is 9.59 Å². The van der Waals surface area contributed by atoms with Gasteiger partial charge >= 0.3 is 5.97 Å². The highest BCUT2D eigenvalue weighted by molar-refractivity contribution is 5.84. The number of carbonyl (C=O) groups excluding carboxylic acids is 1. The number of rotatable bonds is 9. The fourth-order valence-electron chi connectivity index (χ4n) is 1.98. The molecule has 0 saturated heterocycles. The summed E-state index contributed by atoms with van der Waals surface area (Å²) in [6.07, 6.45) is 3.51. The van der Waals surface area contributed by atoms with E-state index in [0.29, 0.717) is 0 Å². The highest BCUT2D eigenvalue weighted by Gasteiger charge is 2.19. The summed E-state index contributed by atoms with van der Waals surface area (Å²) in [6, 6.07) is 6.85. The predicted molar refractivity (Wildman–Crippen MR) is 80.2 cm³/mol. The van der Waals surface area contributed by atoms with E-state index >= 15 is 0 Å². The number of aliphatic carboxylic acids is 1. The van der Waals surface area contributed by atoms with E-state index in [-0.39, 0.29) is 18.9 Å². The van der Waals surface area contributed by atoms with Gasteiger partial charge in [0.1, 0.15) is 0 Å². The van der Waals surface area contributed by atoms with Crippen LogP contribution in [0.15, 0.2) is 24.3 Å². The Morgan fingerprint density at radius 3 is 2.38 bits per heavy atom. The first-order valence-corrected chi connectivity index (χ1v) is 7.15. The lowest BCUT2D eigenvalue weighted by Crippen LogP contribution is -2.44. The van der Waals surface area contributed by atoms with E-state index in [4.69, 9.17) is 9.84 Å². The summed E-state index contributed by atoms with van der Waals surface area (Å²) in [5.74, 6) is -1.42. The van der Waals surface area contributed by atoms with Gasteiger partial charge in [-0.3, -0.25) is 4.79 Å². The van der Waals surface area contributed by atoms with Crippen LogP contribution in [0.3, 0.4) is 0 Å². The molecule has 1 atom stereocenters. The lowest BCUT2D eigenvalue weighted by atomic mass is 10.0. The Kier molecular flexibility index (Phi) is 7.46. The molecule has 1 aromatic rings. The second-order valence-electron chi connectivity index (χ2n) is 5.01. The molecule has 2 N–H and O–H groups in total. The zero-order valence-corrected chi connectivity index (χ0v) is 12.6. The van der Waals surface area contributed by atoms with Crippen molar-refractivity contribution in [1.82, 2.24) is 5.32 Å². The van der Waals surface area contributed by atoms with Crippen molar-refractivity contribution < 1.29 is 19.4 Å². The molecular weight excluding hydrogens is 270 g/mol. The monoisotopic (exact) mass is 293 g/mol. The number of hydrogen-bond donors (Lipinski definition) is 2. The number of carboxylic acids is 1. The molecule has 116 valence electrons. The summed E-state index contributed by atoms with van der Waals surface area (Å²) in [4.78, 5) is 22.8. The zero-order valence-electron chi connectivity index (χ0n) is 12.6. The van der Waals surface area contributed by atoms with Gasteiger partial charge in [-0.05, 0) is 24.0 Å². The minimum atomic E-state index is -1.10. The fraction of sp³-hybridized carbons (Fsp3) is 0.500. The standard InChI is InChI=1S/C16H23NO4/c1-3-4-5-12-6-8-13(9-7-12)10-15(18)17-14(11-21-2)16(19)20/h6-9,14H,3-5,10-11H2,1-2H3,(H,17,18)(H,19,20). The number of benzene rings is 1. The average Bonchev–Trinajstić information content (AvgIpc) is 2.46. The van der Waals surface area contributed by atoms with Crippen molar-refractivity contribution >= 4 is 11.9 Å². The molecule has 0 aliphatic carbocycles. The van der Waals surface area contributed by atoms with E-state index in [0.717, 1.165) is 24.8 Å². The molecule has 0 heterocycles. The van der Waals surface area contributed by atoms with Gasteiger partial charge in [-0.1, -0.05) is 37.6 Å². The Labute approximate surface area is 125 Å². The Balaban J connectivity index is 2.52. The molecule has 1 amide bonds. The van der Waals surface area contributed by atoms with E-state index in [1.807, 2.05) is 24.3 Å². The molecule has 0 saturated carbocycles. The highest BCUT2D eigenvalue weighted by Crippen LogP contribution is 2.08. The number of unbranched alkanes of at least 4 members (excludes halogenated alkanes) is 1. The van der Waals surface area contributed by atoms with Crippen LogP contribution in [0.2, 0.25) is 0 Å². The molecule has 5 nitrogen and oxygen atoms in total. The SMILES string of the molecule is CCCCc1ccc(CC(=O)NC(COC)C(=O)O)cc1. The zero-order chi connectivity index (χ0) is 15.7. The van der Waals surface area contributed by atoms with Crippen LogP contribution in [-0.4, -0.2) is 36.7 Å². The fourth-order valence-corrected chi connectivity index (χ4v) is 1.98. The molecule has 21 heavy (non-hydrogen) atoms. The summed E-state index contributed by atoms with van der Waals surface area (Å²) in [5.41, 5.74) is 2.12. The molecule has 0 aliphatic heterocycles. The van der Waals surface area contributed by atoms with Gasteiger partial charge in [-0.25, -0.2) is 4.79 Å². The summed E-state index contributed by atoms with van der Waals surface area (Å²) in [6.45, 7) is 2.11. The van der Waals surface area contributed by atoms with Crippen LogP contribution in [0.4, 0.5) is 0 Å². The minimum Gasteiger partial charge on any atom is -0.480 e. The van der Waals surface area contributed by atoms with Gasteiger partial charge in [-0.15, -0.1) is 0 Å². The van der Waals surface area contributed by atoms with Gasteiger partial charge in [0.05, 0.1) is 13.0 Å². The number of aryl methyl sites for hydroxylation is 1. The largest absolute Gasteiger partial charge is 0.480 e. The summed E-state index contributed by atoms with van der Waals surface area (Å²) < 4.78 is 4.77. The lowest BCUT2D eigenvalue weighted by Gasteiger charge is -2.13. The number of hydrogen-bond acceptors (Lipinski definition) is 3. The molecular formula is C16H23NO4. The smallest absolute Gasteiger partial charge is 0.328 e. The molecule has 0 spiro atoms. The van der Waals surface area contributed by atoms with Gasteiger partial charge in [0, 0.05) is 7.11 Å². The number of carbonyl (C=O) groups is 2.